The van der Waals surface area contributed by atoms with Crippen molar-refractivity contribution in [1.29, 1.82) is 0 Å². The van der Waals surface area contributed by atoms with Crippen molar-refractivity contribution >= 4 is 17.8 Å². The van der Waals surface area contributed by atoms with Crippen molar-refractivity contribution in [3.05, 3.63) is 0 Å². The van der Waals surface area contributed by atoms with Gasteiger partial charge in [-0.15, -0.1) is 0 Å². The highest BCUT2D eigenvalue weighted by Gasteiger charge is 2.18. The van der Waals surface area contributed by atoms with E-state index in [9.17, 15) is 0 Å². The molecule has 0 aliphatic carbocycles. The smallest absolute Gasteiger partial charge is 0.231 e. The van der Waals surface area contributed by atoms with E-state index in [4.69, 9.17) is 0 Å². The number of nitrogens with one attached hydrogen (secondary N) is 2. The Morgan fingerprint density at radius 3 is 2.19 bits per heavy atom. The van der Waals surface area contributed by atoms with Crippen LogP contribution in [-0.2, 0) is 0 Å². The van der Waals surface area contributed by atoms with Gasteiger partial charge in [-0.3, -0.25) is 0 Å². The second-order valence-electron chi connectivity index (χ2n) is 6.82. The van der Waals surface area contributed by atoms with E-state index in [1.807, 2.05) is 0 Å². The highest BCUT2D eigenvalue weighted by atomic mass is 15.3. The summed E-state index contributed by atoms with van der Waals surface area (Å²) in [6, 6.07) is 0. The predicted octanol–water partition coefficient (Wildman–Crippen LogP) is 2.75. The Kier molecular flexibility index (Phi) is 5.20. The Labute approximate surface area is 127 Å². The lowest BCUT2D eigenvalue weighted by molar-refractivity contribution is 0.441. The minimum atomic E-state index is 0.192. The average molecular weight is 292 g/mol. The van der Waals surface area contributed by atoms with Gasteiger partial charge >= 0.3 is 0 Å². The van der Waals surface area contributed by atoms with Gasteiger partial charge in [0.25, 0.3) is 0 Å². The molecule has 2 N–H and O–H groups in total. The van der Waals surface area contributed by atoms with Gasteiger partial charge in [-0.2, -0.15) is 15.0 Å². The minimum absolute atomic E-state index is 0.192. The number of rotatable bonds is 6. The fraction of sp³-hybridized carbons (Fsp3) is 0.800. The van der Waals surface area contributed by atoms with Crippen LogP contribution < -0.4 is 15.5 Å². The molecular weight excluding hydrogens is 264 g/mol. The van der Waals surface area contributed by atoms with Crippen LogP contribution in [0.4, 0.5) is 17.8 Å². The van der Waals surface area contributed by atoms with Crippen molar-refractivity contribution in [3.63, 3.8) is 0 Å². The van der Waals surface area contributed by atoms with Crippen molar-refractivity contribution < 1.29 is 0 Å². The molecule has 1 fully saturated rings. The van der Waals surface area contributed by atoms with Gasteiger partial charge in [-0.25, -0.2) is 0 Å². The number of anilines is 3. The molecule has 0 amide bonds. The van der Waals surface area contributed by atoms with Crippen LogP contribution in [0.5, 0.6) is 0 Å². The van der Waals surface area contributed by atoms with Gasteiger partial charge in [0.2, 0.25) is 17.8 Å². The summed E-state index contributed by atoms with van der Waals surface area (Å²) >= 11 is 0. The zero-order valence-electron chi connectivity index (χ0n) is 13.7. The van der Waals surface area contributed by atoms with E-state index in [1.165, 1.54) is 12.8 Å². The summed E-state index contributed by atoms with van der Waals surface area (Å²) in [5.74, 6) is 2.13. The standard InChI is InChI=1S/C15H28N6/c1-5-8-16-12-18-13(17-11-15(2,3)4)20-14(19-12)21-9-6-7-10-21/h5-11H2,1-4H3,(H2,16,17,18,19,20). The van der Waals surface area contributed by atoms with Crippen LogP contribution in [0.3, 0.4) is 0 Å². The first-order valence-corrected chi connectivity index (χ1v) is 7.97. The maximum atomic E-state index is 4.58. The Bertz CT molecular complexity index is 448. The fourth-order valence-electron chi connectivity index (χ4n) is 2.16. The number of aromatic nitrogens is 3. The van der Waals surface area contributed by atoms with Gasteiger partial charge in [0.05, 0.1) is 0 Å². The Balaban J connectivity index is 2.15. The van der Waals surface area contributed by atoms with Crippen LogP contribution in [0.2, 0.25) is 0 Å². The van der Waals surface area contributed by atoms with Gasteiger partial charge < -0.3 is 15.5 Å². The molecule has 118 valence electrons. The maximum Gasteiger partial charge on any atom is 0.231 e. The van der Waals surface area contributed by atoms with Crippen molar-refractivity contribution in [3.8, 4) is 0 Å². The molecule has 6 nitrogen and oxygen atoms in total. The van der Waals surface area contributed by atoms with Gasteiger partial charge in [-0.1, -0.05) is 27.7 Å². The molecule has 1 aliphatic heterocycles. The summed E-state index contributed by atoms with van der Waals surface area (Å²) in [5.41, 5.74) is 0.192. The molecule has 0 spiro atoms. The molecule has 2 heterocycles. The van der Waals surface area contributed by atoms with Gasteiger partial charge in [0, 0.05) is 26.2 Å². The quantitative estimate of drug-likeness (QED) is 0.840. The zero-order valence-corrected chi connectivity index (χ0v) is 13.7. The molecule has 0 aromatic carbocycles. The van der Waals surface area contributed by atoms with Crippen molar-refractivity contribution in [2.45, 2.75) is 47.0 Å². The van der Waals surface area contributed by atoms with E-state index in [2.05, 4.69) is 58.2 Å². The van der Waals surface area contributed by atoms with Crippen molar-refractivity contribution in [2.24, 2.45) is 5.41 Å². The minimum Gasteiger partial charge on any atom is -0.354 e. The second kappa shape index (κ2) is 6.91. The van der Waals surface area contributed by atoms with Gasteiger partial charge in [0.1, 0.15) is 0 Å². The molecule has 2 rings (SSSR count). The maximum absolute atomic E-state index is 4.58. The molecule has 0 saturated carbocycles. The zero-order chi connectivity index (χ0) is 15.3. The summed E-state index contributed by atoms with van der Waals surface area (Å²) in [5, 5.41) is 6.60. The third kappa shape index (κ3) is 5.02. The molecule has 1 aromatic rings. The largest absolute Gasteiger partial charge is 0.354 e. The number of hydrogen-bond donors (Lipinski definition) is 2. The van der Waals surface area contributed by atoms with E-state index in [0.29, 0.717) is 11.9 Å². The molecule has 1 aliphatic rings. The lowest BCUT2D eigenvalue weighted by Gasteiger charge is -2.20. The summed E-state index contributed by atoms with van der Waals surface area (Å²) < 4.78 is 0. The van der Waals surface area contributed by atoms with E-state index in [-0.39, 0.29) is 5.41 Å². The van der Waals surface area contributed by atoms with Crippen LogP contribution in [-0.4, -0.2) is 41.1 Å². The molecule has 0 bridgehead atoms. The normalized spacial score (nSPS) is 15.3. The van der Waals surface area contributed by atoms with Crippen molar-refractivity contribution in [1.82, 2.24) is 15.0 Å². The number of hydrogen-bond acceptors (Lipinski definition) is 6. The van der Waals surface area contributed by atoms with E-state index in [0.717, 1.165) is 38.5 Å². The molecule has 6 heteroatoms. The Hall–Kier alpha value is -1.59. The first-order chi connectivity index (χ1) is 9.98. The topological polar surface area (TPSA) is 66.0 Å². The third-order valence-corrected chi connectivity index (χ3v) is 3.32. The monoisotopic (exact) mass is 292 g/mol. The fourth-order valence-corrected chi connectivity index (χ4v) is 2.16. The average Bonchev–Trinajstić information content (AvgIpc) is 2.96. The molecule has 0 radical (unpaired) electrons. The van der Waals surface area contributed by atoms with E-state index >= 15 is 0 Å². The van der Waals surface area contributed by atoms with E-state index in [1.54, 1.807) is 0 Å². The van der Waals surface area contributed by atoms with Gasteiger partial charge in [0.15, 0.2) is 0 Å². The molecule has 0 unspecified atom stereocenters. The second-order valence-corrected chi connectivity index (χ2v) is 6.82. The highest BCUT2D eigenvalue weighted by Crippen LogP contribution is 2.20. The predicted molar refractivity (Wildman–Crippen MR) is 88.0 cm³/mol. The summed E-state index contributed by atoms with van der Waals surface area (Å²) in [4.78, 5) is 15.8. The molecule has 1 aromatic heterocycles. The van der Waals surface area contributed by atoms with E-state index < -0.39 is 0 Å². The SMILES string of the molecule is CCCNc1nc(NCC(C)(C)C)nc(N2CCCC2)n1. The van der Waals surface area contributed by atoms with Crippen LogP contribution in [0, 0.1) is 5.41 Å². The molecule has 1 saturated heterocycles. The van der Waals surface area contributed by atoms with Crippen LogP contribution in [0.25, 0.3) is 0 Å². The Morgan fingerprint density at radius 2 is 1.62 bits per heavy atom. The van der Waals surface area contributed by atoms with Crippen molar-refractivity contribution in [2.75, 3.05) is 41.7 Å². The first kappa shape index (κ1) is 15.8. The molecule has 0 atom stereocenters. The lowest BCUT2D eigenvalue weighted by atomic mass is 9.97. The molecule has 21 heavy (non-hydrogen) atoms. The third-order valence-electron chi connectivity index (χ3n) is 3.32. The lowest BCUT2D eigenvalue weighted by Crippen LogP contribution is -2.24. The number of nitrogens with zero attached hydrogens (tertiary/aromatic N) is 4. The van der Waals surface area contributed by atoms with Crippen LogP contribution in [0.15, 0.2) is 0 Å². The Morgan fingerprint density at radius 1 is 1.00 bits per heavy atom. The van der Waals surface area contributed by atoms with Crippen LogP contribution in [0.1, 0.15) is 47.0 Å². The first-order valence-electron chi connectivity index (χ1n) is 7.97. The summed E-state index contributed by atoms with van der Waals surface area (Å²) in [6.45, 7) is 12.5. The van der Waals surface area contributed by atoms with Crippen LogP contribution >= 0.6 is 0 Å². The molecular formula is C15H28N6. The summed E-state index contributed by atoms with van der Waals surface area (Å²) in [7, 11) is 0. The van der Waals surface area contributed by atoms with Gasteiger partial charge in [-0.05, 0) is 24.7 Å². The summed E-state index contributed by atoms with van der Waals surface area (Å²) in [6.07, 6.45) is 3.48. The highest BCUT2D eigenvalue weighted by molar-refractivity contribution is 5.44.